The Labute approximate surface area is 45.7 Å². The van der Waals surface area contributed by atoms with Gasteiger partial charge < -0.3 is 0 Å². The fraction of sp³-hybridized carbons (Fsp3) is 0.333. The van der Waals surface area contributed by atoms with Gasteiger partial charge in [0.2, 0.25) is 0 Å². The van der Waals surface area contributed by atoms with E-state index in [9.17, 15) is 13.2 Å². The summed E-state index contributed by atoms with van der Waals surface area (Å²) in [6, 6.07) is 0. The van der Waals surface area contributed by atoms with Crippen molar-refractivity contribution in [3.05, 3.63) is 10.8 Å². The molecule has 0 aliphatic heterocycles. The molecule has 0 saturated carbocycles. The van der Waals surface area contributed by atoms with Gasteiger partial charge in [0.25, 0.3) is 6.08 Å². The van der Waals surface area contributed by atoms with Crippen molar-refractivity contribution in [2.24, 2.45) is 0 Å². The van der Waals surface area contributed by atoms with E-state index in [1.165, 1.54) is 5.79 Å². The first-order chi connectivity index (χ1) is 3.18. The molecule has 0 aromatic rings. The third-order valence-electron chi connectivity index (χ3n) is 0.515. The molecule has 0 N–H and O–H groups in total. The highest BCUT2D eigenvalue weighted by Crippen LogP contribution is 2.05. The smallest absolute Gasteiger partial charge is 0.227 e. The SMILES string of the molecule is [CH3][AlH][C](F)=C(F)F. The van der Waals surface area contributed by atoms with E-state index in [0.717, 1.165) is 0 Å². The highest BCUT2D eigenvalue weighted by Gasteiger charge is 2.00. The van der Waals surface area contributed by atoms with Crippen molar-refractivity contribution in [2.75, 3.05) is 0 Å². The maximum absolute atomic E-state index is 11.4. The minimum atomic E-state index is -2.14. The minimum Gasteiger partial charge on any atom is -0.227 e. The summed E-state index contributed by atoms with van der Waals surface area (Å²) in [5.41, 5.74) is 0. The van der Waals surface area contributed by atoms with E-state index >= 15 is 0 Å². The normalized spacial score (nSPS) is 8.00. The Balaban J connectivity index is 3.72. The van der Waals surface area contributed by atoms with Crippen LogP contribution in [0.25, 0.3) is 0 Å². The van der Waals surface area contributed by atoms with E-state index in [-0.39, 0.29) is 0 Å². The number of hydrogen-bond donors (Lipinski definition) is 0. The monoisotopic (exact) mass is 124 g/mol. The van der Waals surface area contributed by atoms with E-state index < -0.39 is 26.0 Å². The standard InChI is InChI=1S/C2F3.CH3.Al.H/c3-1-2(4)5;;;/h;1H3;;. The molecule has 0 heterocycles. The van der Waals surface area contributed by atoms with Crippen LogP contribution in [0, 0.1) is 0 Å². The number of rotatable bonds is 1. The molecule has 40 valence electrons. The molecule has 0 aliphatic rings. The van der Waals surface area contributed by atoms with E-state index in [1.807, 2.05) is 0 Å². The maximum Gasteiger partial charge on any atom is 0.336 e. The van der Waals surface area contributed by atoms with Crippen LogP contribution in [0.5, 0.6) is 0 Å². The molecular formula is C3H4AlF3. The minimum absolute atomic E-state index is 1.18. The van der Waals surface area contributed by atoms with Gasteiger partial charge in [0.05, 0.1) is 4.69 Å². The van der Waals surface area contributed by atoms with Crippen molar-refractivity contribution in [3.63, 3.8) is 0 Å². The van der Waals surface area contributed by atoms with Crippen LogP contribution in [0.1, 0.15) is 0 Å². The first-order valence-corrected chi connectivity index (χ1v) is 4.00. The van der Waals surface area contributed by atoms with Crippen molar-refractivity contribution < 1.29 is 13.2 Å². The zero-order chi connectivity index (χ0) is 5.86. The van der Waals surface area contributed by atoms with Gasteiger partial charge in [-0.1, -0.05) is 0 Å². The first-order valence-electron chi connectivity index (χ1n) is 1.88. The second kappa shape index (κ2) is 3.12. The summed E-state index contributed by atoms with van der Waals surface area (Å²) in [5, 5.41) is 0. The lowest BCUT2D eigenvalue weighted by Gasteiger charge is -1.80. The average Bonchev–Trinajstić information content (AvgIpc) is 1.65. The molecule has 0 rings (SSSR count). The summed E-state index contributed by atoms with van der Waals surface area (Å²) in [4.78, 5) is 0. The topological polar surface area (TPSA) is 0 Å². The summed E-state index contributed by atoms with van der Waals surface area (Å²) < 4.78 is 32.2. The van der Waals surface area contributed by atoms with Crippen LogP contribution in [0.2, 0.25) is 5.79 Å². The van der Waals surface area contributed by atoms with Crippen molar-refractivity contribution in [1.29, 1.82) is 0 Å². The van der Waals surface area contributed by atoms with Crippen LogP contribution in [-0.2, 0) is 0 Å². The molecular weight excluding hydrogens is 120 g/mol. The Morgan fingerprint density at radius 3 is 1.71 bits per heavy atom. The molecule has 0 atom stereocenters. The van der Waals surface area contributed by atoms with Gasteiger partial charge in [0, 0.05) is 0 Å². The van der Waals surface area contributed by atoms with Gasteiger partial charge in [0.1, 0.15) is 0 Å². The Bertz CT molecular complexity index is 84.2. The van der Waals surface area contributed by atoms with Gasteiger partial charge in [-0.2, -0.15) is 8.78 Å². The van der Waals surface area contributed by atoms with Crippen LogP contribution in [0.4, 0.5) is 13.2 Å². The highest BCUT2D eigenvalue weighted by molar-refractivity contribution is 6.42. The largest absolute Gasteiger partial charge is 0.336 e. The average molecular weight is 124 g/mol. The van der Waals surface area contributed by atoms with Crippen molar-refractivity contribution in [1.82, 2.24) is 0 Å². The van der Waals surface area contributed by atoms with Crippen LogP contribution < -0.4 is 0 Å². The quantitative estimate of drug-likeness (QED) is 0.464. The lowest BCUT2D eigenvalue weighted by atomic mass is 11.1. The fourth-order valence-electron chi connectivity index (χ4n) is 0.134. The first kappa shape index (κ1) is 7.06. The van der Waals surface area contributed by atoms with Crippen LogP contribution in [0.3, 0.4) is 0 Å². The number of halogens is 3. The van der Waals surface area contributed by atoms with E-state index in [1.54, 1.807) is 0 Å². The van der Waals surface area contributed by atoms with Crippen molar-refractivity contribution >= 4 is 15.2 Å². The van der Waals surface area contributed by atoms with E-state index in [0.29, 0.717) is 0 Å². The van der Waals surface area contributed by atoms with E-state index in [2.05, 4.69) is 0 Å². The zero-order valence-electron chi connectivity index (χ0n) is 3.84. The second-order valence-corrected chi connectivity index (χ2v) is 2.35. The third-order valence-corrected chi connectivity index (χ3v) is 1.40. The molecule has 7 heavy (non-hydrogen) atoms. The zero-order valence-corrected chi connectivity index (χ0v) is 5.26. The van der Waals surface area contributed by atoms with Crippen LogP contribution in [-0.4, -0.2) is 15.2 Å². The molecule has 0 fully saturated rings. The second-order valence-electron chi connectivity index (χ2n) is 1.02. The third kappa shape index (κ3) is 2.72. The van der Waals surface area contributed by atoms with E-state index in [4.69, 9.17) is 0 Å². The molecule has 0 bridgehead atoms. The summed E-state index contributed by atoms with van der Waals surface area (Å²) >= 11 is -1.25. The van der Waals surface area contributed by atoms with Crippen molar-refractivity contribution in [2.45, 2.75) is 5.79 Å². The number of hydrogen-bond acceptors (Lipinski definition) is 0. The fourth-order valence-corrected chi connectivity index (χ4v) is 0.401. The molecule has 0 aliphatic carbocycles. The molecule has 4 heteroatoms. The Morgan fingerprint density at radius 1 is 1.29 bits per heavy atom. The predicted octanol–water partition coefficient (Wildman–Crippen LogP) is 1.51. The Kier molecular flexibility index (Phi) is 3.14. The summed E-state index contributed by atoms with van der Waals surface area (Å²) in [6.07, 6.45) is -2.14. The van der Waals surface area contributed by atoms with Gasteiger partial charge in [-0.25, -0.2) is 4.39 Å². The molecule has 0 saturated heterocycles. The molecule has 0 amide bonds. The van der Waals surface area contributed by atoms with Gasteiger partial charge in [0.15, 0.2) is 0 Å². The Morgan fingerprint density at radius 2 is 1.71 bits per heavy atom. The molecule has 0 radical (unpaired) electrons. The molecule has 0 spiro atoms. The molecule has 0 unspecified atom stereocenters. The lowest BCUT2D eigenvalue weighted by Crippen LogP contribution is -1.82. The molecule has 0 aromatic heterocycles. The summed E-state index contributed by atoms with van der Waals surface area (Å²) in [5.74, 6) is 1.47. The van der Waals surface area contributed by atoms with Gasteiger partial charge in [-0.3, -0.25) is 0 Å². The highest BCUT2D eigenvalue weighted by atomic mass is 27.1. The summed E-state index contributed by atoms with van der Waals surface area (Å²) in [7, 11) is 0. The maximum atomic E-state index is 11.4. The van der Waals surface area contributed by atoms with Crippen molar-refractivity contribution in [3.8, 4) is 0 Å². The Hall–Kier alpha value is 0.0625. The van der Waals surface area contributed by atoms with Gasteiger partial charge in [-0.15, -0.1) is 5.79 Å². The van der Waals surface area contributed by atoms with Crippen LogP contribution >= 0.6 is 0 Å². The predicted molar refractivity (Wildman–Crippen MR) is 23.4 cm³/mol. The summed E-state index contributed by atoms with van der Waals surface area (Å²) in [6.45, 7) is 0. The van der Waals surface area contributed by atoms with Gasteiger partial charge >= 0.3 is 15.2 Å². The van der Waals surface area contributed by atoms with Gasteiger partial charge in [-0.05, 0) is 0 Å². The molecule has 0 nitrogen and oxygen atoms in total. The molecule has 0 aromatic carbocycles. The lowest BCUT2D eigenvalue weighted by molar-refractivity contribution is 0.393. The van der Waals surface area contributed by atoms with Crippen LogP contribution in [0.15, 0.2) is 10.8 Å².